The summed E-state index contributed by atoms with van der Waals surface area (Å²) in [6.45, 7) is 1.04. The Morgan fingerprint density at radius 3 is 1.48 bits per heavy atom. The van der Waals surface area contributed by atoms with E-state index in [1.807, 2.05) is 60.7 Å². The molecule has 0 aromatic heterocycles. The van der Waals surface area contributed by atoms with Gasteiger partial charge in [0.05, 0.1) is 0 Å². The van der Waals surface area contributed by atoms with Crippen LogP contribution < -0.4 is 0 Å². The zero-order chi connectivity index (χ0) is 14.3. The van der Waals surface area contributed by atoms with Crippen molar-refractivity contribution in [3.8, 4) is 0 Å². The van der Waals surface area contributed by atoms with E-state index in [2.05, 4.69) is 10.3 Å². The normalized spacial score (nSPS) is 20.4. The van der Waals surface area contributed by atoms with Gasteiger partial charge in [0, 0.05) is 17.5 Å². The van der Waals surface area contributed by atoms with Crippen molar-refractivity contribution in [1.82, 2.24) is 0 Å². The first kappa shape index (κ1) is 13.4. The van der Waals surface area contributed by atoms with Crippen LogP contribution in [0.3, 0.4) is 0 Å². The van der Waals surface area contributed by atoms with Crippen LogP contribution in [0.25, 0.3) is 0 Å². The van der Waals surface area contributed by atoms with Crippen molar-refractivity contribution in [2.24, 2.45) is 10.3 Å². The second-order valence-electron chi connectivity index (χ2n) is 4.63. The highest BCUT2D eigenvalue weighted by Crippen LogP contribution is 2.12. The van der Waals surface area contributed by atoms with Crippen molar-refractivity contribution in [2.45, 2.75) is 6.42 Å². The van der Waals surface area contributed by atoms with Crippen LogP contribution in [0, 0.1) is 0 Å². The Bertz CT molecular complexity index is 579. The summed E-state index contributed by atoms with van der Waals surface area (Å²) in [5.74, 6) is 0. The molecule has 21 heavy (non-hydrogen) atoms. The predicted molar refractivity (Wildman–Crippen MR) is 82.5 cm³/mol. The second-order valence-corrected chi connectivity index (χ2v) is 4.63. The molecule has 0 aliphatic carbocycles. The SMILES string of the molecule is c1ccc(C2=N/OCCCO/N=C\2c2ccccc2)cc1. The molecule has 0 fully saturated rings. The molecule has 2 aromatic rings. The van der Waals surface area contributed by atoms with E-state index in [4.69, 9.17) is 9.68 Å². The maximum Gasteiger partial charge on any atom is 0.139 e. The van der Waals surface area contributed by atoms with Gasteiger partial charge in [-0.1, -0.05) is 71.0 Å². The van der Waals surface area contributed by atoms with Crippen molar-refractivity contribution in [3.05, 3.63) is 71.8 Å². The van der Waals surface area contributed by atoms with Gasteiger partial charge in [-0.15, -0.1) is 0 Å². The monoisotopic (exact) mass is 280 g/mol. The number of oxime groups is 2. The van der Waals surface area contributed by atoms with Gasteiger partial charge in [0.2, 0.25) is 0 Å². The number of hydrogen-bond donors (Lipinski definition) is 0. The molecule has 1 aliphatic rings. The van der Waals surface area contributed by atoms with Gasteiger partial charge >= 0.3 is 0 Å². The van der Waals surface area contributed by atoms with E-state index in [9.17, 15) is 0 Å². The zero-order valence-electron chi connectivity index (χ0n) is 11.6. The molecule has 0 N–H and O–H groups in total. The van der Waals surface area contributed by atoms with Crippen molar-refractivity contribution in [2.75, 3.05) is 13.2 Å². The molecular formula is C17H16N2O2. The molecule has 2 aromatic carbocycles. The quantitative estimate of drug-likeness (QED) is 0.847. The Morgan fingerprint density at radius 1 is 0.619 bits per heavy atom. The lowest BCUT2D eigenvalue weighted by atomic mass is 10.00. The van der Waals surface area contributed by atoms with Crippen molar-refractivity contribution >= 4 is 11.4 Å². The van der Waals surface area contributed by atoms with E-state index >= 15 is 0 Å². The Morgan fingerprint density at radius 2 is 1.05 bits per heavy atom. The Kier molecular flexibility index (Phi) is 4.27. The topological polar surface area (TPSA) is 43.2 Å². The maximum absolute atomic E-state index is 5.40. The molecule has 0 unspecified atom stereocenters. The average molecular weight is 280 g/mol. The molecule has 0 saturated heterocycles. The van der Waals surface area contributed by atoms with Crippen LogP contribution in [0.1, 0.15) is 17.5 Å². The van der Waals surface area contributed by atoms with E-state index in [1.54, 1.807) is 0 Å². The summed E-state index contributed by atoms with van der Waals surface area (Å²) in [6, 6.07) is 19.7. The summed E-state index contributed by atoms with van der Waals surface area (Å²) in [5.41, 5.74) is 3.27. The molecule has 0 radical (unpaired) electrons. The lowest BCUT2D eigenvalue weighted by molar-refractivity contribution is 0.0938. The lowest BCUT2D eigenvalue weighted by Crippen LogP contribution is -2.18. The van der Waals surface area contributed by atoms with Crippen LogP contribution in [0.2, 0.25) is 0 Å². The van der Waals surface area contributed by atoms with Gasteiger partial charge in [0.25, 0.3) is 0 Å². The summed E-state index contributed by atoms with van der Waals surface area (Å²) in [6.07, 6.45) is 0.761. The standard InChI is InChI=1S/C17H16N2O2/c1-3-8-14(9-4-1)16-17(15-10-5-2-6-11-15)19-21-13-7-12-20-18-16/h1-6,8-11H,7,12-13H2/b18-16-,19-17-. The fourth-order valence-electron chi connectivity index (χ4n) is 2.07. The molecule has 3 rings (SSSR count). The van der Waals surface area contributed by atoms with Crippen LogP contribution in [-0.2, 0) is 9.68 Å². The van der Waals surface area contributed by atoms with Crippen LogP contribution in [0.15, 0.2) is 71.0 Å². The fraction of sp³-hybridized carbons (Fsp3) is 0.176. The van der Waals surface area contributed by atoms with Gasteiger partial charge in [-0.3, -0.25) is 0 Å². The van der Waals surface area contributed by atoms with Crippen molar-refractivity contribution < 1.29 is 9.68 Å². The Labute approximate surface area is 123 Å². The summed E-state index contributed by atoms with van der Waals surface area (Å²) in [7, 11) is 0. The van der Waals surface area contributed by atoms with Gasteiger partial charge in [0.15, 0.2) is 0 Å². The molecule has 4 nitrogen and oxygen atoms in total. The third kappa shape index (κ3) is 3.28. The number of nitrogens with zero attached hydrogens (tertiary/aromatic N) is 2. The number of benzene rings is 2. The molecule has 106 valence electrons. The fourth-order valence-corrected chi connectivity index (χ4v) is 2.07. The molecule has 0 spiro atoms. The third-order valence-electron chi connectivity index (χ3n) is 3.10. The van der Waals surface area contributed by atoms with E-state index < -0.39 is 0 Å². The first-order chi connectivity index (χ1) is 10.4. The van der Waals surface area contributed by atoms with Gasteiger partial charge in [-0.05, 0) is 0 Å². The molecule has 0 bridgehead atoms. The molecule has 4 heteroatoms. The number of rotatable bonds is 2. The first-order valence-electron chi connectivity index (χ1n) is 6.96. The summed E-state index contributed by atoms with van der Waals surface area (Å²) in [5, 5.41) is 8.55. The van der Waals surface area contributed by atoms with E-state index in [1.165, 1.54) is 0 Å². The molecular weight excluding hydrogens is 264 g/mol. The third-order valence-corrected chi connectivity index (χ3v) is 3.10. The highest BCUT2D eigenvalue weighted by molar-refractivity contribution is 6.53. The number of hydrogen-bond acceptors (Lipinski definition) is 4. The van der Waals surface area contributed by atoms with Gasteiger partial charge < -0.3 is 9.68 Å². The second kappa shape index (κ2) is 6.70. The Balaban J connectivity index is 2.07. The predicted octanol–water partition coefficient (Wildman–Crippen LogP) is 3.23. The van der Waals surface area contributed by atoms with Crippen molar-refractivity contribution in [3.63, 3.8) is 0 Å². The minimum atomic E-state index is 0.522. The van der Waals surface area contributed by atoms with Crippen LogP contribution in [0.4, 0.5) is 0 Å². The smallest absolute Gasteiger partial charge is 0.139 e. The van der Waals surface area contributed by atoms with Crippen molar-refractivity contribution in [1.29, 1.82) is 0 Å². The maximum atomic E-state index is 5.40. The van der Waals surface area contributed by atoms with Gasteiger partial charge in [-0.25, -0.2) is 0 Å². The minimum Gasteiger partial charge on any atom is -0.395 e. The van der Waals surface area contributed by atoms with E-state index in [-0.39, 0.29) is 0 Å². The molecule has 0 atom stereocenters. The summed E-state index contributed by atoms with van der Waals surface area (Å²) < 4.78 is 0. The minimum absolute atomic E-state index is 0.522. The zero-order valence-corrected chi connectivity index (χ0v) is 11.6. The van der Waals surface area contributed by atoms with E-state index in [0.29, 0.717) is 24.6 Å². The van der Waals surface area contributed by atoms with Gasteiger partial charge in [-0.2, -0.15) is 0 Å². The first-order valence-corrected chi connectivity index (χ1v) is 6.96. The highest BCUT2D eigenvalue weighted by atomic mass is 16.6. The highest BCUT2D eigenvalue weighted by Gasteiger charge is 2.17. The summed E-state index contributed by atoms with van der Waals surface area (Å²) in [4.78, 5) is 10.8. The molecule has 0 saturated carbocycles. The van der Waals surface area contributed by atoms with Gasteiger partial charge in [0.1, 0.15) is 24.6 Å². The molecule has 1 aliphatic heterocycles. The average Bonchev–Trinajstić information content (AvgIpc) is 2.68. The van der Waals surface area contributed by atoms with E-state index in [0.717, 1.165) is 17.5 Å². The lowest BCUT2D eigenvalue weighted by Gasteiger charge is -2.09. The molecule has 1 heterocycles. The molecule has 0 amide bonds. The summed E-state index contributed by atoms with van der Waals surface area (Å²) >= 11 is 0. The Hall–Kier alpha value is -2.62. The van der Waals surface area contributed by atoms with Crippen LogP contribution >= 0.6 is 0 Å². The largest absolute Gasteiger partial charge is 0.395 e. The van der Waals surface area contributed by atoms with Crippen LogP contribution in [-0.4, -0.2) is 24.6 Å². The van der Waals surface area contributed by atoms with Crippen LogP contribution in [0.5, 0.6) is 0 Å².